The summed E-state index contributed by atoms with van der Waals surface area (Å²) in [5, 5.41) is 0.642. The van der Waals surface area contributed by atoms with Crippen LogP contribution in [-0.2, 0) is 0 Å². The zero-order valence-electron chi connectivity index (χ0n) is 7.42. The summed E-state index contributed by atoms with van der Waals surface area (Å²) in [6, 6.07) is 3.49. The maximum Gasteiger partial charge on any atom is 0.173 e. The van der Waals surface area contributed by atoms with Gasteiger partial charge in [-0.15, -0.1) is 0 Å². The van der Waals surface area contributed by atoms with Gasteiger partial charge in [0.2, 0.25) is 0 Å². The fourth-order valence-corrected chi connectivity index (χ4v) is 2.13. The highest BCUT2D eigenvalue weighted by Gasteiger charge is 2.23. The molecule has 1 aromatic rings. The van der Waals surface area contributed by atoms with Gasteiger partial charge in [-0.1, -0.05) is 18.5 Å². The van der Waals surface area contributed by atoms with E-state index in [9.17, 15) is 4.79 Å². The topological polar surface area (TPSA) is 29.4 Å². The van der Waals surface area contributed by atoms with Gasteiger partial charge < -0.3 is 0 Å². The number of rotatable bonds is 0. The fraction of sp³-hybridized carbons (Fsp3) is 0.200. The third-order valence-corrected chi connectivity index (χ3v) is 3.90. The summed E-state index contributed by atoms with van der Waals surface area (Å²) in [5.41, 5.74) is 1.38. The first-order valence-electron chi connectivity index (χ1n) is 4.17. The lowest BCUT2D eigenvalue weighted by molar-refractivity contribution is 0.0962. The molecule has 2 rings (SSSR count). The second kappa shape index (κ2) is 3.62. The average molecular weight is 320 g/mol. The lowest BCUT2D eigenvalue weighted by Gasteiger charge is -2.15. The first-order chi connectivity index (χ1) is 6.61. The molecule has 0 saturated heterocycles. The Morgan fingerprint density at radius 3 is 2.93 bits per heavy atom. The predicted molar refractivity (Wildman–Crippen MR) is 65.8 cm³/mol. The fourth-order valence-electron chi connectivity index (χ4n) is 1.36. The molecule has 0 aromatic heterocycles. The van der Waals surface area contributed by atoms with E-state index in [2.05, 4.69) is 27.6 Å². The van der Waals surface area contributed by atoms with Gasteiger partial charge >= 0.3 is 0 Å². The second-order valence-electron chi connectivity index (χ2n) is 3.19. The molecule has 2 nitrogen and oxygen atoms in total. The van der Waals surface area contributed by atoms with Crippen LogP contribution in [0.25, 0.3) is 0 Å². The lowest BCUT2D eigenvalue weighted by Crippen LogP contribution is -2.16. The molecule has 0 aliphatic carbocycles. The van der Waals surface area contributed by atoms with Crippen molar-refractivity contribution in [2.24, 2.45) is 10.9 Å². The summed E-state index contributed by atoms with van der Waals surface area (Å²) in [6.07, 6.45) is 1.67. The molecule has 0 fully saturated rings. The van der Waals surface area contributed by atoms with Crippen molar-refractivity contribution in [1.82, 2.24) is 0 Å². The molecular formula is C10H7ClINO. The van der Waals surface area contributed by atoms with Gasteiger partial charge in [0.1, 0.15) is 0 Å². The largest absolute Gasteiger partial charge is 0.293 e. The van der Waals surface area contributed by atoms with Crippen molar-refractivity contribution >= 4 is 51.9 Å². The van der Waals surface area contributed by atoms with Crippen LogP contribution in [0, 0.1) is 9.49 Å². The number of benzene rings is 1. The Balaban J connectivity index is 2.68. The molecule has 0 bridgehead atoms. The van der Waals surface area contributed by atoms with Crippen LogP contribution in [0.3, 0.4) is 0 Å². The van der Waals surface area contributed by atoms with Crippen molar-refractivity contribution in [1.29, 1.82) is 0 Å². The van der Waals surface area contributed by atoms with Gasteiger partial charge in [0, 0.05) is 11.8 Å². The van der Waals surface area contributed by atoms with Gasteiger partial charge in [-0.2, -0.15) is 0 Å². The van der Waals surface area contributed by atoms with Crippen LogP contribution in [0.2, 0.25) is 5.02 Å². The number of halogens is 2. The molecule has 0 spiro atoms. The summed E-state index contributed by atoms with van der Waals surface area (Å²) in [4.78, 5) is 16.0. The Hall–Kier alpha value is -0.420. The molecule has 1 atom stereocenters. The molecule has 1 unspecified atom stereocenters. The van der Waals surface area contributed by atoms with E-state index in [4.69, 9.17) is 11.6 Å². The Labute approximate surface area is 101 Å². The van der Waals surface area contributed by atoms with Gasteiger partial charge in [-0.05, 0) is 34.7 Å². The molecule has 1 aromatic carbocycles. The summed E-state index contributed by atoms with van der Waals surface area (Å²) < 4.78 is 0.846. The third kappa shape index (κ3) is 1.48. The monoisotopic (exact) mass is 319 g/mol. The van der Waals surface area contributed by atoms with Crippen LogP contribution in [0.5, 0.6) is 0 Å². The van der Waals surface area contributed by atoms with E-state index in [-0.39, 0.29) is 11.7 Å². The van der Waals surface area contributed by atoms with Gasteiger partial charge in [0.05, 0.1) is 20.2 Å². The predicted octanol–water partition coefficient (Wildman–Crippen LogP) is 3.48. The van der Waals surface area contributed by atoms with Gasteiger partial charge in [-0.3, -0.25) is 9.79 Å². The minimum atomic E-state index is -0.125. The Morgan fingerprint density at radius 2 is 2.21 bits per heavy atom. The van der Waals surface area contributed by atoms with Crippen LogP contribution in [-0.4, -0.2) is 12.0 Å². The van der Waals surface area contributed by atoms with Gasteiger partial charge in [-0.25, -0.2) is 0 Å². The van der Waals surface area contributed by atoms with Crippen molar-refractivity contribution in [2.45, 2.75) is 6.92 Å². The quantitative estimate of drug-likeness (QED) is 0.673. The van der Waals surface area contributed by atoms with E-state index < -0.39 is 0 Å². The zero-order valence-corrected chi connectivity index (χ0v) is 10.3. The number of fused-ring (bicyclic) bond motifs is 1. The second-order valence-corrected chi connectivity index (χ2v) is 4.67. The van der Waals surface area contributed by atoms with E-state index in [1.165, 1.54) is 0 Å². The highest BCUT2D eigenvalue weighted by atomic mass is 127. The molecule has 1 aliphatic heterocycles. The van der Waals surface area contributed by atoms with Crippen LogP contribution in [0.4, 0.5) is 5.69 Å². The van der Waals surface area contributed by atoms with Gasteiger partial charge in [0.15, 0.2) is 5.78 Å². The summed E-state index contributed by atoms with van der Waals surface area (Å²) in [7, 11) is 0. The van der Waals surface area contributed by atoms with Crippen molar-refractivity contribution in [2.75, 3.05) is 0 Å². The minimum absolute atomic E-state index is 0.115. The van der Waals surface area contributed by atoms with Crippen molar-refractivity contribution in [3.05, 3.63) is 26.3 Å². The third-order valence-electron chi connectivity index (χ3n) is 2.18. The Kier molecular flexibility index (Phi) is 2.62. The summed E-state index contributed by atoms with van der Waals surface area (Å²) in [6.45, 7) is 1.84. The molecule has 72 valence electrons. The number of Topliss-reactive ketones (excluding diaryl/α,β-unsaturated/α-hetero) is 1. The summed E-state index contributed by atoms with van der Waals surface area (Å²) >= 11 is 8.04. The zero-order chi connectivity index (χ0) is 10.3. The number of ketones is 1. The molecule has 14 heavy (non-hydrogen) atoms. The molecule has 0 amide bonds. The maximum atomic E-state index is 11.7. The average Bonchev–Trinajstić information content (AvgIpc) is 2.17. The smallest absolute Gasteiger partial charge is 0.173 e. The number of hydrogen-bond acceptors (Lipinski definition) is 2. The van der Waals surface area contributed by atoms with E-state index in [1.807, 2.05) is 6.92 Å². The van der Waals surface area contributed by atoms with E-state index in [0.29, 0.717) is 16.3 Å². The molecule has 0 N–H and O–H groups in total. The van der Waals surface area contributed by atoms with Crippen molar-refractivity contribution < 1.29 is 4.79 Å². The SMILES string of the molecule is CC1C=Nc2c(ccc(Cl)c2I)C1=O. The van der Waals surface area contributed by atoms with E-state index in [1.54, 1.807) is 18.3 Å². The number of nitrogens with zero attached hydrogens (tertiary/aromatic N) is 1. The molecule has 0 saturated carbocycles. The number of carbonyl (C=O) groups excluding carboxylic acids is 1. The summed E-state index contributed by atoms with van der Waals surface area (Å²) in [5.74, 6) is -0.0101. The highest BCUT2D eigenvalue weighted by molar-refractivity contribution is 14.1. The van der Waals surface area contributed by atoms with Crippen molar-refractivity contribution in [3.63, 3.8) is 0 Å². The minimum Gasteiger partial charge on any atom is -0.293 e. The standard InChI is InChI=1S/C10H7ClINO/c1-5-4-13-9-6(10(5)14)2-3-7(11)8(9)12/h2-5H,1H3. The Bertz CT molecular complexity index is 442. The first-order valence-corrected chi connectivity index (χ1v) is 5.63. The first kappa shape index (κ1) is 10.1. The number of carbonyl (C=O) groups is 1. The van der Waals surface area contributed by atoms with Gasteiger partial charge in [0.25, 0.3) is 0 Å². The molecular weight excluding hydrogens is 312 g/mol. The molecule has 0 radical (unpaired) electrons. The highest BCUT2D eigenvalue weighted by Crippen LogP contribution is 2.35. The van der Waals surface area contributed by atoms with Crippen LogP contribution in [0.1, 0.15) is 17.3 Å². The number of hydrogen-bond donors (Lipinski definition) is 0. The maximum absolute atomic E-state index is 11.7. The van der Waals surface area contributed by atoms with E-state index >= 15 is 0 Å². The van der Waals surface area contributed by atoms with E-state index in [0.717, 1.165) is 3.57 Å². The molecule has 4 heteroatoms. The lowest BCUT2D eigenvalue weighted by atomic mass is 9.96. The van der Waals surface area contributed by atoms with Crippen LogP contribution < -0.4 is 0 Å². The Morgan fingerprint density at radius 1 is 1.50 bits per heavy atom. The normalized spacial score (nSPS) is 19.6. The molecule has 1 heterocycles. The van der Waals surface area contributed by atoms with Crippen LogP contribution in [0.15, 0.2) is 17.1 Å². The van der Waals surface area contributed by atoms with Crippen molar-refractivity contribution in [3.8, 4) is 0 Å². The number of aliphatic imine (C=N–C) groups is 1. The molecule has 1 aliphatic rings. The van der Waals surface area contributed by atoms with Crippen LogP contribution >= 0.6 is 34.2 Å².